The minimum atomic E-state index is -0.376. The molecular weight excluding hydrogens is 454 g/mol. The van der Waals surface area contributed by atoms with E-state index in [1.807, 2.05) is 30.5 Å². The molecule has 1 fully saturated rings. The standard InChI is InChI=1S/C22H19BrClN3O2.H2/c23-15-12-27(10-9-26-7-3-4-8-26)17-11-14(13-5-1-2-6-16(13)24)18-20(19(15)17)22(29)25-21(18)28;/h1-2,5-6,11-12H,3-4,7-10H2,(H,25,28,29);1H. The Hall–Kier alpha value is -2.15. The first-order chi connectivity index (χ1) is 14.0. The molecule has 29 heavy (non-hydrogen) atoms. The van der Waals surface area contributed by atoms with Crippen molar-refractivity contribution in [1.82, 2.24) is 14.8 Å². The molecule has 2 aliphatic heterocycles. The number of nitrogens with one attached hydrogen (secondary N) is 1. The number of rotatable bonds is 4. The van der Waals surface area contributed by atoms with Crippen molar-refractivity contribution in [2.75, 3.05) is 19.6 Å². The SMILES string of the molecule is O=C1NC(=O)c2c1c(-c1ccccc1Cl)cc1c2c(Br)cn1CCN1CCCC1.[HH]. The number of hydrogen-bond donors (Lipinski definition) is 1. The smallest absolute Gasteiger partial charge is 0.259 e. The van der Waals surface area contributed by atoms with Crippen LogP contribution in [0.2, 0.25) is 5.02 Å². The van der Waals surface area contributed by atoms with Gasteiger partial charge < -0.3 is 9.47 Å². The summed E-state index contributed by atoms with van der Waals surface area (Å²) in [6.07, 6.45) is 4.51. The van der Waals surface area contributed by atoms with Gasteiger partial charge in [-0.05, 0) is 59.6 Å². The summed E-state index contributed by atoms with van der Waals surface area (Å²) in [6, 6.07) is 9.40. The maximum atomic E-state index is 12.7. The van der Waals surface area contributed by atoms with Crippen LogP contribution in [0.15, 0.2) is 41.0 Å². The monoisotopic (exact) mass is 473 g/mol. The quantitative estimate of drug-likeness (QED) is 0.544. The second-order valence-electron chi connectivity index (χ2n) is 7.55. The first kappa shape index (κ1) is 18.9. The fourth-order valence-corrected chi connectivity index (χ4v) is 5.32. The van der Waals surface area contributed by atoms with Crippen LogP contribution in [-0.4, -0.2) is 40.9 Å². The predicted octanol–water partition coefficient (Wildman–Crippen LogP) is 4.95. The van der Waals surface area contributed by atoms with Gasteiger partial charge in [0.1, 0.15) is 0 Å². The van der Waals surface area contributed by atoms with Crippen LogP contribution < -0.4 is 5.32 Å². The number of aromatic nitrogens is 1. The van der Waals surface area contributed by atoms with Crippen molar-refractivity contribution >= 4 is 50.2 Å². The molecule has 0 unspecified atom stereocenters. The van der Waals surface area contributed by atoms with E-state index < -0.39 is 0 Å². The van der Waals surface area contributed by atoms with E-state index in [1.54, 1.807) is 6.07 Å². The van der Waals surface area contributed by atoms with Crippen LogP contribution in [0.5, 0.6) is 0 Å². The lowest BCUT2D eigenvalue weighted by Crippen LogP contribution is -2.23. The van der Waals surface area contributed by atoms with Gasteiger partial charge in [0.2, 0.25) is 0 Å². The lowest BCUT2D eigenvalue weighted by molar-refractivity contribution is 0.0880. The van der Waals surface area contributed by atoms with Gasteiger partial charge in [0.25, 0.3) is 11.8 Å². The molecule has 0 bridgehead atoms. The van der Waals surface area contributed by atoms with Crippen LogP contribution in [0.1, 0.15) is 35.0 Å². The normalized spacial score (nSPS) is 16.6. The Morgan fingerprint density at radius 3 is 2.52 bits per heavy atom. The number of amides is 2. The summed E-state index contributed by atoms with van der Waals surface area (Å²) >= 11 is 10.1. The van der Waals surface area contributed by atoms with Crippen LogP contribution in [-0.2, 0) is 6.54 Å². The molecule has 2 aromatic carbocycles. The largest absolute Gasteiger partial charge is 0.345 e. The van der Waals surface area contributed by atoms with Crippen molar-refractivity contribution in [1.29, 1.82) is 0 Å². The van der Waals surface area contributed by atoms with E-state index in [2.05, 4.69) is 30.7 Å². The van der Waals surface area contributed by atoms with Crippen molar-refractivity contribution in [3.8, 4) is 11.1 Å². The fourth-order valence-electron chi connectivity index (χ4n) is 4.43. The number of halogens is 2. The topological polar surface area (TPSA) is 54.3 Å². The number of carbonyl (C=O) groups excluding carboxylic acids is 2. The summed E-state index contributed by atoms with van der Waals surface area (Å²) in [4.78, 5) is 27.8. The van der Waals surface area contributed by atoms with E-state index in [-0.39, 0.29) is 13.2 Å². The van der Waals surface area contributed by atoms with E-state index in [9.17, 15) is 9.59 Å². The van der Waals surface area contributed by atoms with Crippen LogP contribution in [0, 0.1) is 0 Å². The zero-order valence-electron chi connectivity index (χ0n) is 15.7. The second kappa shape index (κ2) is 7.27. The molecule has 5 rings (SSSR count). The Balaban J connectivity index is 0.00000218. The van der Waals surface area contributed by atoms with Crippen molar-refractivity contribution in [2.45, 2.75) is 19.4 Å². The first-order valence-corrected chi connectivity index (χ1v) is 10.9. The van der Waals surface area contributed by atoms with Gasteiger partial charge in [-0.2, -0.15) is 0 Å². The highest BCUT2D eigenvalue weighted by atomic mass is 79.9. The molecule has 0 radical (unpaired) electrons. The molecule has 3 heterocycles. The van der Waals surface area contributed by atoms with Crippen LogP contribution in [0.4, 0.5) is 0 Å². The third kappa shape index (κ3) is 3.10. The zero-order valence-corrected chi connectivity index (χ0v) is 18.0. The maximum Gasteiger partial charge on any atom is 0.259 e. The summed E-state index contributed by atoms with van der Waals surface area (Å²) in [5.41, 5.74) is 3.19. The lowest BCUT2D eigenvalue weighted by atomic mass is 9.94. The van der Waals surface area contributed by atoms with Crippen molar-refractivity contribution in [3.05, 3.63) is 57.2 Å². The van der Waals surface area contributed by atoms with Gasteiger partial charge in [-0.1, -0.05) is 29.8 Å². The van der Waals surface area contributed by atoms with E-state index >= 15 is 0 Å². The Bertz CT molecular complexity index is 1170. The van der Waals surface area contributed by atoms with Gasteiger partial charge in [0.15, 0.2) is 0 Å². The molecule has 2 aliphatic rings. The molecule has 0 aliphatic carbocycles. The highest BCUT2D eigenvalue weighted by Gasteiger charge is 2.34. The molecule has 1 N–H and O–H groups in total. The molecule has 1 aromatic heterocycles. The number of fused-ring (bicyclic) bond motifs is 3. The highest BCUT2D eigenvalue weighted by Crippen LogP contribution is 2.41. The zero-order chi connectivity index (χ0) is 20.1. The van der Waals surface area contributed by atoms with Gasteiger partial charge in [0, 0.05) is 41.2 Å². The molecule has 0 spiro atoms. The highest BCUT2D eigenvalue weighted by molar-refractivity contribution is 9.10. The molecule has 7 heteroatoms. The molecule has 0 saturated carbocycles. The molecule has 0 atom stereocenters. The maximum absolute atomic E-state index is 12.7. The number of nitrogens with zero attached hydrogens (tertiary/aromatic N) is 2. The number of likely N-dealkylation sites (tertiary alicyclic amines) is 1. The molecular formula is C22H21BrClN3O2. The molecule has 1 saturated heterocycles. The summed E-state index contributed by atoms with van der Waals surface area (Å²) in [7, 11) is 0. The van der Waals surface area contributed by atoms with E-state index in [0.29, 0.717) is 21.7 Å². The van der Waals surface area contributed by atoms with Crippen molar-refractivity contribution in [2.24, 2.45) is 0 Å². The van der Waals surface area contributed by atoms with E-state index in [4.69, 9.17) is 11.6 Å². The molecule has 5 nitrogen and oxygen atoms in total. The summed E-state index contributed by atoms with van der Waals surface area (Å²) in [6.45, 7) is 4.05. The van der Waals surface area contributed by atoms with E-state index in [0.717, 1.165) is 47.1 Å². The number of imide groups is 1. The summed E-state index contributed by atoms with van der Waals surface area (Å²) in [5, 5.41) is 3.79. The minimum absolute atomic E-state index is 0. The number of hydrogen-bond acceptors (Lipinski definition) is 3. The van der Waals surface area contributed by atoms with Gasteiger partial charge in [-0.3, -0.25) is 14.9 Å². The van der Waals surface area contributed by atoms with Crippen molar-refractivity contribution in [3.63, 3.8) is 0 Å². The molecule has 3 aromatic rings. The van der Waals surface area contributed by atoms with Gasteiger partial charge in [-0.15, -0.1) is 0 Å². The van der Waals surface area contributed by atoms with Gasteiger partial charge in [-0.25, -0.2) is 0 Å². The average Bonchev–Trinajstić information content (AvgIpc) is 3.40. The number of benzene rings is 2. The third-order valence-corrected chi connectivity index (χ3v) is 6.76. The van der Waals surface area contributed by atoms with Crippen LogP contribution in [0.3, 0.4) is 0 Å². The Morgan fingerprint density at radius 2 is 1.76 bits per heavy atom. The molecule has 150 valence electrons. The Kier molecular flexibility index (Phi) is 4.73. The third-order valence-electron chi connectivity index (χ3n) is 5.83. The summed E-state index contributed by atoms with van der Waals surface area (Å²) in [5.74, 6) is -0.736. The van der Waals surface area contributed by atoms with Crippen LogP contribution >= 0.6 is 27.5 Å². The van der Waals surface area contributed by atoms with Gasteiger partial charge in [0.05, 0.1) is 16.6 Å². The Morgan fingerprint density at radius 1 is 1.03 bits per heavy atom. The van der Waals surface area contributed by atoms with E-state index in [1.165, 1.54) is 12.8 Å². The molecule has 2 amide bonds. The first-order valence-electron chi connectivity index (χ1n) is 9.73. The lowest BCUT2D eigenvalue weighted by Gasteiger charge is -2.16. The second-order valence-corrected chi connectivity index (χ2v) is 8.81. The fraction of sp³-hybridized carbons (Fsp3) is 0.273. The van der Waals surface area contributed by atoms with Crippen molar-refractivity contribution < 1.29 is 11.0 Å². The predicted molar refractivity (Wildman–Crippen MR) is 120 cm³/mol. The number of carbonyl (C=O) groups is 2. The summed E-state index contributed by atoms with van der Waals surface area (Å²) < 4.78 is 2.98. The average molecular weight is 475 g/mol. The van der Waals surface area contributed by atoms with Gasteiger partial charge >= 0.3 is 0 Å². The Labute approximate surface area is 183 Å². The minimum Gasteiger partial charge on any atom is -0.345 e. The van der Waals surface area contributed by atoms with Crippen LogP contribution in [0.25, 0.3) is 22.0 Å².